The van der Waals surface area contributed by atoms with Gasteiger partial charge in [-0.15, -0.1) is 0 Å². The monoisotopic (exact) mass is 332 g/mol. The highest BCUT2D eigenvalue weighted by Crippen LogP contribution is 2.29. The summed E-state index contributed by atoms with van der Waals surface area (Å²) in [6.07, 6.45) is -2.17. The minimum Gasteiger partial charge on any atom is -0.465 e. The number of rotatable bonds is 6. The van der Waals surface area contributed by atoms with Gasteiger partial charge in [-0.25, -0.2) is 9.18 Å². The molecule has 122 valence electrons. The minimum atomic E-state index is -1.13. The van der Waals surface area contributed by atoms with Crippen LogP contribution in [0.1, 0.15) is 11.7 Å². The molecule has 1 aromatic carbocycles. The van der Waals surface area contributed by atoms with E-state index < -0.39 is 18.0 Å². The van der Waals surface area contributed by atoms with Gasteiger partial charge in [0.05, 0.1) is 18.2 Å². The Kier molecular flexibility index (Phi) is 6.38. The summed E-state index contributed by atoms with van der Waals surface area (Å²) in [5, 5.41) is 13.9. The minimum absolute atomic E-state index is 0.0125. The SMILES string of the molecule is O=C(O)NCCOC(c1cccc(Cl)c1F)[C@H]1CNCCO1. The summed E-state index contributed by atoms with van der Waals surface area (Å²) >= 11 is 5.82. The number of carboxylic acid groups (broad SMARTS) is 1. The van der Waals surface area contributed by atoms with Gasteiger partial charge in [-0.2, -0.15) is 0 Å². The number of amides is 1. The predicted molar refractivity (Wildman–Crippen MR) is 78.7 cm³/mol. The molecule has 2 atom stereocenters. The van der Waals surface area contributed by atoms with Crippen molar-refractivity contribution < 1.29 is 23.8 Å². The van der Waals surface area contributed by atoms with Crippen LogP contribution < -0.4 is 10.6 Å². The Morgan fingerprint density at radius 2 is 2.45 bits per heavy atom. The summed E-state index contributed by atoms with van der Waals surface area (Å²) < 4.78 is 25.5. The molecule has 0 saturated carbocycles. The second-order valence-corrected chi connectivity index (χ2v) is 5.19. The number of carbonyl (C=O) groups is 1. The average Bonchev–Trinajstić information content (AvgIpc) is 2.51. The van der Waals surface area contributed by atoms with Crippen molar-refractivity contribution in [2.24, 2.45) is 0 Å². The van der Waals surface area contributed by atoms with Crippen molar-refractivity contribution in [3.05, 3.63) is 34.6 Å². The summed E-state index contributed by atoms with van der Waals surface area (Å²) in [4.78, 5) is 10.4. The first-order valence-corrected chi connectivity index (χ1v) is 7.32. The smallest absolute Gasteiger partial charge is 0.404 e. The summed E-state index contributed by atoms with van der Waals surface area (Å²) in [6.45, 7) is 1.95. The van der Waals surface area contributed by atoms with E-state index in [4.69, 9.17) is 26.2 Å². The fourth-order valence-electron chi connectivity index (χ4n) is 2.26. The molecule has 1 amide bonds. The normalized spacial score (nSPS) is 19.6. The van der Waals surface area contributed by atoms with Gasteiger partial charge in [0.15, 0.2) is 0 Å². The van der Waals surface area contributed by atoms with Crippen LogP contribution >= 0.6 is 11.6 Å². The molecule has 1 aliphatic heterocycles. The van der Waals surface area contributed by atoms with Crippen LogP contribution in [0.5, 0.6) is 0 Å². The van der Waals surface area contributed by atoms with E-state index in [1.807, 2.05) is 0 Å². The van der Waals surface area contributed by atoms with Crippen LogP contribution in [0.3, 0.4) is 0 Å². The summed E-state index contributed by atoms with van der Waals surface area (Å²) in [5.74, 6) is -0.547. The molecular weight excluding hydrogens is 315 g/mol. The molecule has 0 aliphatic carbocycles. The van der Waals surface area contributed by atoms with E-state index in [2.05, 4.69) is 10.6 Å². The van der Waals surface area contributed by atoms with Gasteiger partial charge in [0, 0.05) is 25.2 Å². The van der Waals surface area contributed by atoms with Gasteiger partial charge >= 0.3 is 6.09 Å². The average molecular weight is 333 g/mol. The molecule has 1 saturated heterocycles. The van der Waals surface area contributed by atoms with Crippen molar-refractivity contribution in [3.63, 3.8) is 0 Å². The van der Waals surface area contributed by atoms with Crippen molar-refractivity contribution in [3.8, 4) is 0 Å². The molecule has 1 heterocycles. The Balaban J connectivity index is 2.10. The number of hydrogen-bond donors (Lipinski definition) is 3. The Hall–Kier alpha value is -1.41. The molecule has 3 N–H and O–H groups in total. The van der Waals surface area contributed by atoms with Crippen LogP contribution in [0.25, 0.3) is 0 Å². The topological polar surface area (TPSA) is 79.8 Å². The fourth-order valence-corrected chi connectivity index (χ4v) is 2.44. The third kappa shape index (κ3) is 4.54. The van der Waals surface area contributed by atoms with Crippen LogP contribution in [-0.2, 0) is 9.47 Å². The molecule has 2 rings (SSSR count). The van der Waals surface area contributed by atoms with Gasteiger partial charge in [0.25, 0.3) is 0 Å². The van der Waals surface area contributed by atoms with Crippen molar-refractivity contribution in [1.82, 2.24) is 10.6 Å². The molecule has 1 aliphatic rings. The molecule has 0 radical (unpaired) electrons. The first kappa shape index (κ1) is 17.0. The van der Waals surface area contributed by atoms with Gasteiger partial charge in [-0.1, -0.05) is 23.7 Å². The molecule has 1 fully saturated rings. The number of hydrogen-bond acceptors (Lipinski definition) is 4. The molecule has 8 heteroatoms. The van der Waals surface area contributed by atoms with Crippen LogP contribution in [0.2, 0.25) is 5.02 Å². The Morgan fingerprint density at radius 1 is 1.64 bits per heavy atom. The standard InChI is InChI=1S/C14H18ClFN2O4/c15-10-3-1-2-9(12(10)16)13(11-8-17-4-6-21-11)22-7-5-18-14(19)20/h1-3,11,13,17-18H,4-8H2,(H,19,20)/t11-,13?/m1/s1. The van der Waals surface area contributed by atoms with Crippen molar-refractivity contribution in [1.29, 1.82) is 0 Å². The van der Waals surface area contributed by atoms with Crippen molar-refractivity contribution in [2.75, 3.05) is 32.8 Å². The van der Waals surface area contributed by atoms with Crippen LogP contribution in [-0.4, -0.2) is 50.2 Å². The number of morpholine rings is 1. The second kappa shape index (κ2) is 8.28. The van der Waals surface area contributed by atoms with E-state index >= 15 is 0 Å². The lowest BCUT2D eigenvalue weighted by Gasteiger charge is -2.31. The summed E-state index contributed by atoms with van der Waals surface area (Å²) in [5.41, 5.74) is 0.302. The van der Waals surface area contributed by atoms with Crippen LogP contribution in [0, 0.1) is 5.82 Å². The van der Waals surface area contributed by atoms with E-state index in [-0.39, 0.29) is 24.3 Å². The second-order valence-electron chi connectivity index (χ2n) is 4.78. The lowest BCUT2D eigenvalue weighted by Crippen LogP contribution is -2.43. The fraction of sp³-hybridized carbons (Fsp3) is 0.500. The maximum Gasteiger partial charge on any atom is 0.404 e. The molecule has 0 aromatic heterocycles. The number of halogens is 2. The Labute approximate surface area is 132 Å². The number of ether oxygens (including phenoxy) is 2. The lowest BCUT2D eigenvalue weighted by molar-refractivity contribution is -0.0864. The van der Waals surface area contributed by atoms with E-state index in [9.17, 15) is 9.18 Å². The zero-order valence-corrected chi connectivity index (χ0v) is 12.6. The van der Waals surface area contributed by atoms with Crippen molar-refractivity contribution >= 4 is 17.7 Å². The maximum absolute atomic E-state index is 14.2. The molecule has 1 unspecified atom stereocenters. The van der Waals surface area contributed by atoms with E-state index in [1.54, 1.807) is 12.1 Å². The van der Waals surface area contributed by atoms with Gasteiger partial charge < -0.3 is 25.2 Å². The Morgan fingerprint density at radius 3 is 3.14 bits per heavy atom. The molecule has 6 nitrogen and oxygen atoms in total. The third-order valence-electron chi connectivity index (χ3n) is 3.26. The van der Waals surface area contributed by atoms with E-state index in [1.165, 1.54) is 6.07 Å². The molecule has 0 spiro atoms. The zero-order valence-electron chi connectivity index (χ0n) is 11.9. The molecule has 0 bridgehead atoms. The van der Waals surface area contributed by atoms with Crippen LogP contribution in [0.4, 0.5) is 9.18 Å². The van der Waals surface area contributed by atoms with Gasteiger partial charge in [0.1, 0.15) is 18.0 Å². The van der Waals surface area contributed by atoms with E-state index in [0.717, 1.165) is 6.54 Å². The third-order valence-corrected chi connectivity index (χ3v) is 3.55. The number of benzene rings is 1. The van der Waals surface area contributed by atoms with Crippen molar-refractivity contribution in [2.45, 2.75) is 12.2 Å². The highest BCUT2D eigenvalue weighted by atomic mass is 35.5. The van der Waals surface area contributed by atoms with Gasteiger partial charge in [0.2, 0.25) is 0 Å². The predicted octanol–water partition coefficient (Wildman–Crippen LogP) is 1.79. The quantitative estimate of drug-likeness (QED) is 0.692. The largest absolute Gasteiger partial charge is 0.465 e. The molecular formula is C14H18ClFN2O4. The first-order valence-electron chi connectivity index (χ1n) is 6.94. The van der Waals surface area contributed by atoms with Crippen LogP contribution in [0.15, 0.2) is 18.2 Å². The maximum atomic E-state index is 14.2. The lowest BCUT2D eigenvalue weighted by atomic mass is 10.0. The summed E-state index contributed by atoms with van der Waals surface area (Å²) in [6, 6.07) is 4.70. The highest BCUT2D eigenvalue weighted by Gasteiger charge is 2.29. The summed E-state index contributed by atoms with van der Waals surface area (Å²) in [7, 11) is 0. The number of nitrogens with one attached hydrogen (secondary N) is 2. The van der Waals surface area contributed by atoms with Gasteiger partial charge in [-0.05, 0) is 6.07 Å². The molecule has 22 heavy (non-hydrogen) atoms. The first-order chi connectivity index (χ1) is 10.6. The Bertz CT molecular complexity index is 512. The van der Waals surface area contributed by atoms with E-state index in [0.29, 0.717) is 18.7 Å². The highest BCUT2D eigenvalue weighted by molar-refractivity contribution is 6.30. The van der Waals surface area contributed by atoms with Gasteiger partial charge in [-0.3, -0.25) is 0 Å². The zero-order chi connectivity index (χ0) is 15.9. The molecule has 1 aromatic rings.